The Morgan fingerprint density at radius 1 is 1.07 bits per heavy atom. The maximum absolute atomic E-state index is 12.7. The molecule has 7 nitrogen and oxygen atoms in total. The van der Waals surface area contributed by atoms with Gasteiger partial charge in [0, 0.05) is 45.8 Å². The quantitative estimate of drug-likeness (QED) is 0.801. The molecule has 0 bridgehead atoms. The number of nitrogens with zero attached hydrogens (tertiary/aromatic N) is 5. The van der Waals surface area contributed by atoms with Gasteiger partial charge in [0.15, 0.2) is 0 Å². The topological polar surface area (TPSA) is 61.8 Å². The van der Waals surface area contributed by atoms with Crippen molar-refractivity contribution in [2.75, 3.05) is 52.5 Å². The lowest BCUT2D eigenvalue weighted by Crippen LogP contribution is -2.55. The molecule has 0 spiro atoms. The summed E-state index contributed by atoms with van der Waals surface area (Å²) < 4.78 is 5.35. The van der Waals surface area contributed by atoms with Gasteiger partial charge in [0.05, 0.1) is 42.2 Å². The van der Waals surface area contributed by atoms with Crippen molar-refractivity contribution in [3.63, 3.8) is 0 Å². The number of ether oxygens (including phenoxy) is 1. The number of para-hydroxylation sites is 2. The Bertz CT molecular complexity index is 785. The highest BCUT2D eigenvalue weighted by molar-refractivity contribution is 5.81. The minimum Gasteiger partial charge on any atom is -0.378 e. The predicted octanol–water partition coefficient (Wildman–Crippen LogP) is 0.995. The van der Waals surface area contributed by atoms with Crippen LogP contribution in [0.5, 0.6) is 0 Å². The number of hydrogen-bond donors (Lipinski definition) is 0. The van der Waals surface area contributed by atoms with Gasteiger partial charge in [-0.3, -0.25) is 19.6 Å². The fourth-order valence-electron chi connectivity index (χ4n) is 3.81. The van der Waals surface area contributed by atoms with Crippen LogP contribution >= 0.6 is 0 Å². The third-order valence-corrected chi connectivity index (χ3v) is 5.52. The molecule has 1 unspecified atom stereocenters. The number of fused-ring (bicyclic) bond motifs is 1. The van der Waals surface area contributed by atoms with E-state index in [2.05, 4.69) is 14.8 Å². The number of carbonyl (C=O) groups excluding carboxylic acids is 1. The first-order chi connectivity index (χ1) is 13.2. The van der Waals surface area contributed by atoms with E-state index in [1.807, 2.05) is 42.3 Å². The van der Waals surface area contributed by atoms with Crippen molar-refractivity contribution in [2.45, 2.75) is 19.5 Å². The Morgan fingerprint density at radius 2 is 1.78 bits per heavy atom. The number of rotatable bonds is 4. The maximum atomic E-state index is 12.7. The van der Waals surface area contributed by atoms with Crippen LogP contribution < -0.4 is 0 Å². The number of piperazine rings is 1. The molecule has 2 saturated heterocycles. The number of aromatic nitrogens is 2. The van der Waals surface area contributed by atoms with Crippen LogP contribution in [0.15, 0.2) is 30.5 Å². The standard InChI is InChI=1S/C20H27N5O2/c1-16(20(26)25-10-12-27-13-11-25)24-8-6-23(7-9-24)15-17-14-21-18-4-2-3-5-19(18)22-17/h2-5,14,16H,6-13,15H2,1H3. The zero-order chi connectivity index (χ0) is 18.6. The van der Waals surface area contributed by atoms with E-state index < -0.39 is 0 Å². The van der Waals surface area contributed by atoms with E-state index in [0.29, 0.717) is 26.3 Å². The molecule has 0 saturated carbocycles. The maximum Gasteiger partial charge on any atom is 0.239 e. The minimum atomic E-state index is -0.0642. The van der Waals surface area contributed by atoms with Gasteiger partial charge in [-0.25, -0.2) is 4.98 Å². The van der Waals surface area contributed by atoms with E-state index >= 15 is 0 Å². The molecular weight excluding hydrogens is 342 g/mol. The van der Waals surface area contributed by atoms with Crippen molar-refractivity contribution in [2.24, 2.45) is 0 Å². The molecule has 2 aromatic rings. The molecule has 1 amide bonds. The number of morpholine rings is 1. The second-order valence-corrected chi connectivity index (χ2v) is 7.28. The SMILES string of the molecule is CC(C(=O)N1CCOCC1)N1CCN(Cc2cnc3ccccc3n2)CC1. The van der Waals surface area contributed by atoms with E-state index in [4.69, 9.17) is 9.72 Å². The van der Waals surface area contributed by atoms with Crippen LogP contribution in [0, 0.1) is 0 Å². The average Bonchev–Trinajstić information content (AvgIpc) is 2.74. The molecule has 3 heterocycles. The fraction of sp³-hybridized carbons (Fsp3) is 0.550. The van der Waals surface area contributed by atoms with Crippen molar-refractivity contribution in [1.82, 2.24) is 24.7 Å². The Morgan fingerprint density at radius 3 is 2.52 bits per heavy atom. The number of benzene rings is 1. The van der Waals surface area contributed by atoms with Gasteiger partial charge in [0.2, 0.25) is 5.91 Å². The molecule has 2 aliphatic heterocycles. The zero-order valence-electron chi connectivity index (χ0n) is 15.9. The molecule has 0 radical (unpaired) electrons. The summed E-state index contributed by atoms with van der Waals surface area (Å²) >= 11 is 0. The molecule has 1 atom stereocenters. The second-order valence-electron chi connectivity index (χ2n) is 7.28. The summed E-state index contributed by atoms with van der Waals surface area (Å²) in [5, 5.41) is 0. The first-order valence-electron chi connectivity index (χ1n) is 9.74. The first kappa shape index (κ1) is 18.3. The highest BCUT2D eigenvalue weighted by Gasteiger charge is 2.29. The van der Waals surface area contributed by atoms with Gasteiger partial charge in [-0.05, 0) is 19.1 Å². The molecule has 1 aromatic carbocycles. The number of carbonyl (C=O) groups is 1. The molecule has 0 aliphatic carbocycles. The van der Waals surface area contributed by atoms with Crippen LogP contribution in [0.2, 0.25) is 0 Å². The van der Waals surface area contributed by atoms with Crippen LogP contribution in [-0.2, 0) is 16.1 Å². The fourth-order valence-corrected chi connectivity index (χ4v) is 3.81. The average molecular weight is 369 g/mol. The number of amides is 1. The highest BCUT2D eigenvalue weighted by atomic mass is 16.5. The Hall–Kier alpha value is -2.09. The van der Waals surface area contributed by atoms with Gasteiger partial charge in [-0.15, -0.1) is 0 Å². The van der Waals surface area contributed by atoms with E-state index in [9.17, 15) is 4.79 Å². The van der Waals surface area contributed by atoms with Crippen molar-refractivity contribution < 1.29 is 9.53 Å². The molecule has 4 rings (SSSR count). The molecule has 7 heteroatoms. The van der Waals surface area contributed by atoms with E-state index in [-0.39, 0.29) is 11.9 Å². The Balaban J connectivity index is 1.30. The van der Waals surface area contributed by atoms with Gasteiger partial charge in [-0.1, -0.05) is 12.1 Å². The Labute approximate surface area is 159 Å². The summed E-state index contributed by atoms with van der Waals surface area (Å²) in [6, 6.07) is 7.90. The van der Waals surface area contributed by atoms with Crippen molar-refractivity contribution in [3.8, 4) is 0 Å². The van der Waals surface area contributed by atoms with E-state index in [0.717, 1.165) is 49.5 Å². The smallest absolute Gasteiger partial charge is 0.239 e. The van der Waals surface area contributed by atoms with Crippen LogP contribution in [-0.4, -0.2) is 89.1 Å². The van der Waals surface area contributed by atoms with Gasteiger partial charge < -0.3 is 9.64 Å². The predicted molar refractivity (Wildman–Crippen MR) is 103 cm³/mol. The first-order valence-corrected chi connectivity index (χ1v) is 9.74. The molecule has 27 heavy (non-hydrogen) atoms. The molecular formula is C20H27N5O2. The van der Waals surface area contributed by atoms with Crippen LogP contribution in [0.25, 0.3) is 11.0 Å². The van der Waals surface area contributed by atoms with Crippen LogP contribution in [0.1, 0.15) is 12.6 Å². The van der Waals surface area contributed by atoms with E-state index in [1.165, 1.54) is 0 Å². The summed E-state index contributed by atoms with van der Waals surface area (Å²) in [7, 11) is 0. The molecule has 0 N–H and O–H groups in total. The van der Waals surface area contributed by atoms with Gasteiger partial charge in [0.25, 0.3) is 0 Å². The molecule has 2 fully saturated rings. The highest BCUT2D eigenvalue weighted by Crippen LogP contribution is 2.14. The van der Waals surface area contributed by atoms with Crippen molar-refractivity contribution in [3.05, 3.63) is 36.2 Å². The van der Waals surface area contributed by atoms with Crippen molar-refractivity contribution in [1.29, 1.82) is 0 Å². The summed E-state index contributed by atoms with van der Waals surface area (Å²) in [5.41, 5.74) is 2.87. The zero-order valence-corrected chi connectivity index (χ0v) is 15.9. The summed E-state index contributed by atoms with van der Waals surface area (Å²) in [5.74, 6) is 0.229. The molecule has 1 aromatic heterocycles. The normalized spacial score (nSPS) is 20.7. The lowest BCUT2D eigenvalue weighted by Gasteiger charge is -2.39. The number of hydrogen-bond acceptors (Lipinski definition) is 6. The van der Waals surface area contributed by atoms with Crippen LogP contribution in [0.4, 0.5) is 0 Å². The Kier molecular flexibility index (Phi) is 5.61. The lowest BCUT2D eigenvalue weighted by atomic mass is 10.2. The van der Waals surface area contributed by atoms with Gasteiger partial charge in [0.1, 0.15) is 0 Å². The summed E-state index contributed by atoms with van der Waals surface area (Å²) in [6.45, 7) is 9.24. The third kappa shape index (κ3) is 4.26. The largest absolute Gasteiger partial charge is 0.378 e. The van der Waals surface area contributed by atoms with Gasteiger partial charge >= 0.3 is 0 Å². The van der Waals surface area contributed by atoms with Crippen LogP contribution in [0.3, 0.4) is 0 Å². The monoisotopic (exact) mass is 369 g/mol. The second kappa shape index (κ2) is 8.29. The summed E-state index contributed by atoms with van der Waals surface area (Å²) in [6.07, 6.45) is 1.87. The summed E-state index contributed by atoms with van der Waals surface area (Å²) in [4.78, 5) is 28.5. The van der Waals surface area contributed by atoms with Crippen molar-refractivity contribution >= 4 is 16.9 Å². The van der Waals surface area contributed by atoms with Gasteiger partial charge in [-0.2, -0.15) is 0 Å². The third-order valence-electron chi connectivity index (χ3n) is 5.52. The molecule has 144 valence electrons. The lowest BCUT2D eigenvalue weighted by molar-refractivity contribution is -0.141. The molecule has 2 aliphatic rings. The minimum absolute atomic E-state index is 0.0642. The van der Waals surface area contributed by atoms with E-state index in [1.54, 1.807) is 0 Å².